The summed E-state index contributed by atoms with van der Waals surface area (Å²) in [4.78, 5) is 11.2. The van der Waals surface area contributed by atoms with Gasteiger partial charge in [0.05, 0.1) is 6.61 Å². The highest BCUT2D eigenvalue weighted by atomic mass is 16.8. The Morgan fingerprint density at radius 3 is 2.38 bits per heavy atom. The van der Waals surface area contributed by atoms with Crippen molar-refractivity contribution in [3.05, 3.63) is 0 Å². The van der Waals surface area contributed by atoms with E-state index in [4.69, 9.17) is 30.1 Å². The molecule has 21 heavy (non-hydrogen) atoms. The SMILES string of the molecule is C#C[C@H](OC(C)=O)[C@@H]1OC(C)(C)O[C@@H]1[C@H]1COC(C)(C)O1. The Morgan fingerprint density at radius 2 is 1.90 bits per heavy atom. The van der Waals surface area contributed by atoms with Crippen LogP contribution in [0.15, 0.2) is 0 Å². The lowest BCUT2D eigenvalue weighted by molar-refractivity contribution is -0.175. The molecule has 0 radical (unpaired) electrons. The molecule has 2 rings (SSSR count). The van der Waals surface area contributed by atoms with Crippen LogP contribution >= 0.6 is 0 Å². The van der Waals surface area contributed by atoms with Crippen molar-refractivity contribution in [3.8, 4) is 12.3 Å². The van der Waals surface area contributed by atoms with Crippen LogP contribution in [0.2, 0.25) is 0 Å². The first-order valence-electron chi connectivity index (χ1n) is 6.94. The molecular formula is C15H22O6. The van der Waals surface area contributed by atoms with Gasteiger partial charge in [0.15, 0.2) is 17.7 Å². The maximum atomic E-state index is 11.2. The standard InChI is InChI=1S/C15H22O6/c1-7-10(18-9(2)16)12-13(21-15(5,6)20-12)11-8-17-14(3,4)19-11/h1,10-13H,8H2,2-6H3/t10-,11+,12-,13+/m0/s1. The highest BCUT2D eigenvalue weighted by molar-refractivity contribution is 5.66. The summed E-state index contributed by atoms with van der Waals surface area (Å²) in [6.45, 7) is 8.88. The van der Waals surface area contributed by atoms with E-state index in [2.05, 4.69) is 5.92 Å². The molecule has 118 valence electrons. The molecule has 2 aliphatic rings. The smallest absolute Gasteiger partial charge is 0.303 e. The molecule has 0 unspecified atom stereocenters. The van der Waals surface area contributed by atoms with Crippen LogP contribution in [0.1, 0.15) is 34.6 Å². The zero-order valence-electron chi connectivity index (χ0n) is 13.0. The van der Waals surface area contributed by atoms with Gasteiger partial charge in [-0.2, -0.15) is 0 Å². The van der Waals surface area contributed by atoms with Gasteiger partial charge in [-0.3, -0.25) is 4.79 Å². The van der Waals surface area contributed by atoms with Crippen LogP contribution in [0.3, 0.4) is 0 Å². The van der Waals surface area contributed by atoms with Crippen LogP contribution in [-0.4, -0.2) is 48.6 Å². The van der Waals surface area contributed by atoms with Crippen molar-refractivity contribution in [2.45, 2.75) is 70.6 Å². The Hall–Kier alpha value is -1.13. The normalized spacial score (nSPS) is 35.1. The summed E-state index contributed by atoms with van der Waals surface area (Å²) >= 11 is 0. The topological polar surface area (TPSA) is 63.2 Å². The second kappa shape index (κ2) is 5.58. The Morgan fingerprint density at radius 1 is 1.24 bits per heavy atom. The minimum atomic E-state index is -0.833. The van der Waals surface area contributed by atoms with Crippen molar-refractivity contribution in [3.63, 3.8) is 0 Å². The molecule has 0 saturated carbocycles. The molecule has 0 aromatic rings. The number of rotatable bonds is 3. The van der Waals surface area contributed by atoms with Crippen LogP contribution < -0.4 is 0 Å². The first-order chi connectivity index (χ1) is 9.63. The summed E-state index contributed by atoms with van der Waals surface area (Å²) < 4.78 is 28.2. The molecule has 0 aromatic heterocycles. The minimum absolute atomic E-state index is 0.335. The third-order valence-electron chi connectivity index (χ3n) is 3.32. The molecule has 2 fully saturated rings. The number of hydrogen-bond donors (Lipinski definition) is 0. The van der Waals surface area contributed by atoms with Crippen LogP contribution in [0.25, 0.3) is 0 Å². The van der Waals surface area contributed by atoms with Gasteiger partial charge in [0.25, 0.3) is 0 Å². The Balaban J connectivity index is 2.17. The van der Waals surface area contributed by atoms with Crippen molar-refractivity contribution < 1.29 is 28.5 Å². The van der Waals surface area contributed by atoms with Gasteiger partial charge in [-0.15, -0.1) is 6.42 Å². The van der Waals surface area contributed by atoms with E-state index in [0.717, 1.165) is 0 Å². The maximum Gasteiger partial charge on any atom is 0.303 e. The third kappa shape index (κ3) is 3.74. The first kappa shape index (κ1) is 16.2. The predicted molar refractivity (Wildman–Crippen MR) is 73.1 cm³/mol. The molecule has 6 heteroatoms. The number of hydrogen-bond acceptors (Lipinski definition) is 6. The van der Waals surface area contributed by atoms with E-state index in [1.165, 1.54) is 6.92 Å². The zero-order chi connectivity index (χ0) is 15.8. The molecule has 2 saturated heterocycles. The number of carbonyl (C=O) groups excluding carboxylic acids is 1. The number of ether oxygens (including phenoxy) is 5. The Labute approximate surface area is 125 Å². The number of terminal acetylenes is 1. The Bertz CT molecular complexity index is 450. The third-order valence-corrected chi connectivity index (χ3v) is 3.32. The lowest BCUT2D eigenvalue weighted by Gasteiger charge is -2.26. The van der Waals surface area contributed by atoms with Gasteiger partial charge in [-0.25, -0.2) is 0 Å². The average molecular weight is 298 g/mol. The molecule has 2 aliphatic heterocycles. The fourth-order valence-corrected chi connectivity index (χ4v) is 2.59. The molecular weight excluding hydrogens is 276 g/mol. The highest BCUT2D eigenvalue weighted by Crippen LogP contribution is 2.37. The molecule has 0 bridgehead atoms. The molecule has 0 aromatic carbocycles. The summed E-state index contributed by atoms with van der Waals surface area (Å²) in [6.07, 6.45) is 3.23. The van der Waals surface area contributed by atoms with Crippen molar-refractivity contribution in [1.82, 2.24) is 0 Å². The van der Waals surface area contributed by atoms with Gasteiger partial charge in [0.2, 0.25) is 0 Å². The van der Waals surface area contributed by atoms with Crippen LogP contribution in [0.5, 0.6) is 0 Å². The van der Waals surface area contributed by atoms with E-state index in [1.54, 1.807) is 13.8 Å². The van der Waals surface area contributed by atoms with Gasteiger partial charge in [0, 0.05) is 6.92 Å². The van der Waals surface area contributed by atoms with Crippen LogP contribution in [0.4, 0.5) is 0 Å². The van der Waals surface area contributed by atoms with E-state index in [-0.39, 0.29) is 6.10 Å². The molecule has 0 amide bonds. The molecule has 6 nitrogen and oxygen atoms in total. The fraction of sp³-hybridized carbons (Fsp3) is 0.800. The van der Waals surface area contributed by atoms with Crippen LogP contribution in [0, 0.1) is 12.3 Å². The lowest BCUT2D eigenvalue weighted by Crippen LogP contribution is -2.45. The second-order valence-corrected chi connectivity index (χ2v) is 6.13. The molecule has 2 heterocycles. The van der Waals surface area contributed by atoms with Crippen molar-refractivity contribution >= 4 is 5.97 Å². The van der Waals surface area contributed by atoms with Gasteiger partial charge in [-0.1, -0.05) is 5.92 Å². The van der Waals surface area contributed by atoms with E-state index in [9.17, 15) is 4.79 Å². The lowest BCUT2D eigenvalue weighted by atomic mass is 10.0. The monoisotopic (exact) mass is 298 g/mol. The van der Waals surface area contributed by atoms with Gasteiger partial charge in [0.1, 0.15) is 18.3 Å². The maximum absolute atomic E-state index is 11.2. The van der Waals surface area contributed by atoms with Gasteiger partial charge >= 0.3 is 5.97 Å². The highest BCUT2D eigenvalue weighted by Gasteiger charge is 2.52. The summed E-state index contributed by atoms with van der Waals surface area (Å²) in [6, 6.07) is 0. The number of carbonyl (C=O) groups is 1. The van der Waals surface area contributed by atoms with Gasteiger partial charge < -0.3 is 23.7 Å². The first-order valence-corrected chi connectivity index (χ1v) is 6.94. The zero-order valence-corrected chi connectivity index (χ0v) is 13.0. The average Bonchev–Trinajstić information content (AvgIpc) is 2.85. The van der Waals surface area contributed by atoms with Gasteiger partial charge in [-0.05, 0) is 27.7 Å². The Kier molecular flexibility index (Phi) is 4.31. The molecule has 0 spiro atoms. The van der Waals surface area contributed by atoms with E-state index < -0.39 is 35.9 Å². The summed E-state index contributed by atoms with van der Waals surface area (Å²) in [5.41, 5.74) is 0. The summed E-state index contributed by atoms with van der Waals surface area (Å²) in [7, 11) is 0. The quantitative estimate of drug-likeness (QED) is 0.577. The van der Waals surface area contributed by atoms with Crippen molar-refractivity contribution in [2.75, 3.05) is 6.61 Å². The van der Waals surface area contributed by atoms with Crippen LogP contribution in [-0.2, 0) is 28.5 Å². The summed E-state index contributed by atoms with van der Waals surface area (Å²) in [5, 5.41) is 0. The largest absolute Gasteiger partial charge is 0.446 e. The fourth-order valence-electron chi connectivity index (χ4n) is 2.59. The van der Waals surface area contributed by atoms with E-state index >= 15 is 0 Å². The van der Waals surface area contributed by atoms with E-state index in [0.29, 0.717) is 6.61 Å². The predicted octanol–water partition coefficient (Wildman–Crippen LogP) is 1.22. The second-order valence-electron chi connectivity index (χ2n) is 6.13. The molecule has 0 N–H and O–H groups in total. The van der Waals surface area contributed by atoms with E-state index in [1.807, 2.05) is 13.8 Å². The molecule has 4 atom stereocenters. The number of esters is 1. The van der Waals surface area contributed by atoms with Crippen molar-refractivity contribution in [2.24, 2.45) is 0 Å². The minimum Gasteiger partial charge on any atom is -0.446 e. The van der Waals surface area contributed by atoms with Crippen molar-refractivity contribution in [1.29, 1.82) is 0 Å². The summed E-state index contributed by atoms with van der Waals surface area (Å²) in [5.74, 6) is 0.464. The molecule has 0 aliphatic carbocycles.